The van der Waals surface area contributed by atoms with Gasteiger partial charge in [-0.3, -0.25) is 4.79 Å². The van der Waals surface area contributed by atoms with Gasteiger partial charge in [0.25, 0.3) is 0 Å². The molecule has 0 N–H and O–H groups in total. The van der Waals surface area contributed by atoms with Gasteiger partial charge in [-0.2, -0.15) is 17.6 Å². The molecule has 0 aromatic rings. The van der Waals surface area contributed by atoms with Crippen LogP contribution in [0.15, 0.2) is 0 Å². The molecule has 0 heterocycles. The van der Waals surface area contributed by atoms with E-state index in [1.165, 1.54) is 0 Å². The second-order valence-corrected chi connectivity index (χ2v) is 7.32. The summed E-state index contributed by atoms with van der Waals surface area (Å²) in [6.07, 6.45) is 2.28. The molecule has 28 heavy (non-hydrogen) atoms. The van der Waals surface area contributed by atoms with Gasteiger partial charge in [-0.15, -0.1) is 0 Å². The fraction of sp³-hybridized carbons (Fsp3) is 0.833. The van der Waals surface area contributed by atoms with Crippen LogP contribution in [0, 0.1) is 5.41 Å². The lowest BCUT2D eigenvalue weighted by molar-refractivity contribution is -0.241. The summed E-state index contributed by atoms with van der Waals surface area (Å²) in [5.41, 5.74) is -0.830. The van der Waals surface area contributed by atoms with E-state index >= 15 is 0 Å². The molecule has 0 unspecified atom stereocenters. The average molecular weight is 414 g/mol. The summed E-state index contributed by atoms with van der Waals surface area (Å²) < 4.78 is 68.5. The maximum absolute atomic E-state index is 13.8. The van der Waals surface area contributed by atoms with Crippen molar-refractivity contribution < 1.29 is 46.2 Å². The van der Waals surface area contributed by atoms with Gasteiger partial charge in [-0.1, -0.05) is 13.3 Å². The molecule has 1 fully saturated rings. The Balaban J connectivity index is 2.56. The fourth-order valence-corrected chi connectivity index (χ4v) is 2.36. The molecule has 0 amide bonds. The second-order valence-electron chi connectivity index (χ2n) is 7.32. The normalized spacial score (nSPS) is 16.4. The highest BCUT2D eigenvalue weighted by Crippen LogP contribution is 2.37. The maximum atomic E-state index is 13.8. The molecule has 0 aliphatic heterocycles. The molecule has 1 rings (SSSR count). The highest BCUT2D eigenvalue weighted by atomic mass is 19.3. The molecular formula is C18H26F4O6. The largest absolute Gasteiger partial charge is 0.462 e. The van der Waals surface area contributed by atoms with Gasteiger partial charge in [0.1, 0.15) is 19.3 Å². The number of rotatable bonds is 9. The minimum atomic E-state index is -5.41. The molecule has 1 aliphatic rings. The summed E-state index contributed by atoms with van der Waals surface area (Å²) in [5.74, 6) is -16.5. The van der Waals surface area contributed by atoms with Crippen LogP contribution in [-0.4, -0.2) is 49.1 Å². The summed E-state index contributed by atoms with van der Waals surface area (Å²) in [7, 11) is 0. The Morgan fingerprint density at radius 3 is 1.79 bits per heavy atom. The number of halogens is 4. The molecule has 0 bridgehead atoms. The maximum Gasteiger partial charge on any atom is 0.415 e. The molecule has 1 saturated carbocycles. The fourth-order valence-electron chi connectivity index (χ4n) is 2.36. The van der Waals surface area contributed by atoms with Gasteiger partial charge in [0.05, 0.1) is 5.41 Å². The second kappa shape index (κ2) is 9.56. The van der Waals surface area contributed by atoms with Crippen molar-refractivity contribution in [2.75, 3.05) is 13.2 Å². The van der Waals surface area contributed by atoms with Gasteiger partial charge in [0.15, 0.2) is 0 Å². The zero-order valence-electron chi connectivity index (χ0n) is 16.2. The average Bonchev–Trinajstić information content (AvgIpc) is 2.65. The van der Waals surface area contributed by atoms with Crippen LogP contribution in [0.1, 0.15) is 59.3 Å². The number of alkyl halides is 4. The number of hydrogen-bond donors (Lipinski definition) is 0. The van der Waals surface area contributed by atoms with Crippen molar-refractivity contribution >= 4 is 17.9 Å². The molecule has 0 radical (unpaired) electrons. The lowest BCUT2D eigenvalue weighted by Gasteiger charge is -2.27. The smallest absolute Gasteiger partial charge is 0.415 e. The van der Waals surface area contributed by atoms with Gasteiger partial charge in [0, 0.05) is 0 Å². The Morgan fingerprint density at radius 2 is 1.29 bits per heavy atom. The topological polar surface area (TPSA) is 78.9 Å². The Bertz CT molecular complexity index is 570. The number of esters is 3. The standard InChI is InChI=1S/C18H26F4O6/c1-4-16(2,3)13(23)26-10-11-27-14(24)17(19,20)18(21,22)15(25)28-12-8-6-5-7-9-12/h12H,4-11H2,1-3H3. The minimum Gasteiger partial charge on any atom is -0.462 e. The molecular weight excluding hydrogens is 388 g/mol. The number of ether oxygens (including phenoxy) is 3. The highest BCUT2D eigenvalue weighted by Gasteiger charge is 2.69. The quantitative estimate of drug-likeness (QED) is 0.248. The van der Waals surface area contributed by atoms with Crippen LogP contribution in [0.4, 0.5) is 17.6 Å². The van der Waals surface area contributed by atoms with Gasteiger partial charge in [0.2, 0.25) is 0 Å². The van der Waals surface area contributed by atoms with Gasteiger partial charge < -0.3 is 14.2 Å². The van der Waals surface area contributed by atoms with Gasteiger partial charge in [-0.25, -0.2) is 9.59 Å². The number of carbonyl (C=O) groups excluding carboxylic acids is 3. The van der Waals surface area contributed by atoms with Crippen LogP contribution < -0.4 is 0 Å². The van der Waals surface area contributed by atoms with E-state index in [1.807, 2.05) is 0 Å². The monoisotopic (exact) mass is 414 g/mol. The van der Waals surface area contributed by atoms with Crippen LogP contribution in [0.5, 0.6) is 0 Å². The van der Waals surface area contributed by atoms with E-state index < -0.39 is 54.5 Å². The van der Waals surface area contributed by atoms with Crippen molar-refractivity contribution in [3.63, 3.8) is 0 Å². The van der Waals surface area contributed by atoms with Crippen molar-refractivity contribution in [2.45, 2.75) is 77.2 Å². The molecule has 0 aromatic heterocycles. The summed E-state index contributed by atoms with van der Waals surface area (Å²) in [4.78, 5) is 34.6. The molecule has 0 saturated heterocycles. The molecule has 10 heteroatoms. The van der Waals surface area contributed by atoms with Crippen LogP contribution in [0.3, 0.4) is 0 Å². The van der Waals surface area contributed by atoms with E-state index in [0.29, 0.717) is 32.1 Å². The van der Waals surface area contributed by atoms with Crippen LogP contribution in [0.2, 0.25) is 0 Å². The first-order chi connectivity index (χ1) is 12.9. The number of hydrogen-bond acceptors (Lipinski definition) is 6. The molecule has 1 aliphatic carbocycles. The Labute approximate surface area is 160 Å². The van der Waals surface area contributed by atoms with Crippen LogP contribution in [-0.2, 0) is 28.6 Å². The van der Waals surface area contributed by atoms with Gasteiger partial charge >= 0.3 is 29.8 Å². The summed E-state index contributed by atoms with van der Waals surface area (Å²) >= 11 is 0. The zero-order valence-corrected chi connectivity index (χ0v) is 16.2. The molecule has 0 aromatic carbocycles. The first-order valence-corrected chi connectivity index (χ1v) is 9.17. The van der Waals surface area contributed by atoms with E-state index in [-0.39, 0.29) is 0 Å². The van der Waals surface area contributed by atoms with E-state index in [2.05, 4.69) is 9.47 Å². The lowest BCUT2D eigenvalue weighted by atomic mass is 9.91. The SMILES string of the molecule is CCC(C)(C)C(=O)OCCOC(=O)C(F)(F)C(F)(F)C(=O)OC1CCCCC1. The predicted octanol–water partition coefficient (Wildman–Crippen LogP) is 3.66. The molecule has 0 atom stereocenters. The van der Waals surface area contributed by atoms with Crippen LogP contribution in [0.25, 0.3) is 0 Å². The Kier molecular flexibility index (Phi) is 8.25. The lowest BCUT2D eigenvalue weighted by Crippen LogP contribution is -2.54. The van der Waals surface area contributed by atoms with E-state index in [9.17, 15) is 31.9 Å². The van der Waals surface area contributed by atoms with Crippen molar-refractivity contribution in [2.24, 2.45) is 5.41 Å². The third-order valence-corrected chi connectivity index (χ3v) is 4.72. The van der Waals surface area contributed by atoms with Crippen molar-refractivity contribution in [1.29, 1.82) is 0 Å². The highest BCUT2D eigenvalue weighted by molar-refractivity contribution is 5.90. The van der Waals surface area contributed by atoms with Crippen molar-refractivity contribution in [3.05, 3.63) is 0 Å². The summed E-state index contributed by atoms with van der Waals surface area (Å²) in [6, 6.07) is 0. The van der Waals surface area contributed by atoms with Crippen LogP contribution >= 0.6 is 0 Å². The number of carbonyl (C=O) groups is 3. The Hall–Kier alpha value is -1.87. The summed E-state index contributed by atoms with van der Waals surface area (Å²) in [5, 5.41) is 0. The zero-order chi connectivity index (χ0) is 21.6. The van der Waals surface area contributed by atoms with Crippen molar-refractivity contribution in [3.8, 4) is 0 Å². The first kappa shape index (κ1) is 24.2. The molecule has 0 spiro atoms. The van der Waals surface area contributed by atoms with E-state index in [4.69, 9.17) is 4.74 Å². The molecule has 6 nitrogen and oxygen atoms in total. The summed E-state index contributed by atoms with van der Waals surface area (Å²) in [6.45, 7) is 3.48. The molecule has 162 valence electrons. The predicted molar refractivity (Wildman–Crippen MR) is 88.8 cm³/mol. The minimum absolute atomic E-state index is 0.303. The Morgan fingerprint density at radius 1 is 0.821 bits per heavy atom. The first-order valence-electron chi connectivity index (χ1n) is 9.17. The van der Waals surface area contributed by atoms with E-state index in [1.54, 1.807) is 20.8 Å². The third kappa shape index (κ3) is 5.81. The van der Waals surface area contributed by atoms with Gasteiger partial charge in [-0.05, 0) is 46.0 Å². The van der Waals surface area contributed by atoms with Crippen molar-refractivity contribution in [1.82, 2.24) is 0 Å². The van der Waals surface area contributed by atoms with E-state index in [0.717, 1.165) is 6.42 Å². The third-order valence-electron chi connectivity index (χ3n) is 4.72.